The molecule has 0 saturated carbocycles. The number of benzene rings is 2. The summed E-state index contributed by atoms with van der Waals surface area (Å²) in [6.07, 6.45) is 1.73. The maximum absolute atomic E-state index is 12.8. The highest BCUT2D eigenvalue weighted by Gasteiger charge is 2.24. The van der Waals surface area contributed by atoms with Crippen molar-refractivity contribution in [1.29, 1.82) is 0 Å². The number of anilines is 1. The lowest BCUT2D eigenvalue weighted by Crippen LogP contribution is -2.44. The van der Waals surface area contributed by atoms with Gasteiger partial charge in [-0.3, -0.25) is 19.8 Å². The number of non-ortho nitro benzene ring substituents is 1. The summed E-state index contributed by atoms with van der Waals surface area (Å²) in [6.45, 7) is 2.74. The zero-order valence-corrected chi connectivity index (χ0v) is 16.3. The smallest absolute Gasteiger partial charge is 0.270 e. The van der Waals surface area contributed by atoms with Crippen molar-refractivity contribution in [1.82, 2.24) is 10.2 Å². The summed E-state index contributed by atoms with van der Waals surface area (Å²) in [5.41, 5.74) is 2.22. The average Bonchev–Trinajstić information content (AvgIpc) is 2.69. The van der Waals surface area contributed by atoms with E-state index in [-0.39, 0.29) is 17.6 Å². The van der Waals surface area contributed by atoms with Gasteiger partial charge in [-0.25, -0.2) is 0 Å². The Hall–Kier alpha value is -2.93. The van der Waals surface area contributed by atoms with Crippen molar-refractivity contribution < 1.29 is 9.72 Å². The molecule has 0 aromatic heterocycles. The monoisotopic (exact) mass is 382 g/mol. The minimum Gasteiger partial charge on any atom is -0.377 e. The van der Waals surface area contributed by atoms with E-state index in [2.05, 4.69) is 22.3 Å². The summed E-state index contributed by atoms with van der Waals surface area (Å²) in [4.78, 5) is 27.6. The lowest BCUT2D eigenvalue weighted by Gasteiger charge is -2.32. The lowest BCUT2D eigenvalue weighted by atomic mass is 10.0. The second kappa shape index (κ2) is 8.84. The number of hydrogen-bond acceptors (Lipinski definition) is 5. The van der Waals surface area contributed by atoms with Gasteiger partial charge in [0, 0.05) is 57.6 Å². The van der Waals surface area contributed by atoms with E-state index in [9.17, 15) is 14.9 Å². The van der Waals surface area contributed by atoms with E-state index in [0.29, 0.717) is 11.3 Å². The van der Waals surface area contributed by atoms with Crippen LogP contribution < -0.4 is 10.2 Å². The summed E-state index contributed by atoms with van der Waals surface area (Å²) >= 11 is 0. The van der Waals surface area contributed by atoms with E-state index in [1.54, 1.807) is 11.0 Å². The van der Waals surface area contributed by atoms with E-state index in [1.165, 1.54) is 17.7 Å². The van der Waals surface area contributed by atoms with Gasteiger partial charge in [-0.05, 0) is 24.5 Å². The van der Waals surface area contributed by atoms with Gasteiger partial charge >= 0.3 is 0 Å². The molecule has 1 amide bonds. The first-order valence-corrected chi connectivity index (χ1v) is 9.47. The molecule has 0 aliphatic carbocycles. The molecular weight excluding hydrogens is 356 g/mol. The highest BCUT2D eigenvalue weighted by Crippen LogP contribution is 2.25. The Morgan fingerprint density at radius 2 is 1.86 bits per heavy atom. The van der Waals surface area contributed by atoms with Gasteiger partial charge in [0.25, 0.3) is 11.6 Å². The van der Waals surface area contributed by atoms with Gasteiger partial charge in [-0.1, -0.05) is 30.3 Å². The molecule has 28 heavy (non-hydrogen) atoms. The molecule has 1 N–H and O–H groups in total. The van der Waals surface area contributed by atoms with E-state index in [0.717, 1.165) is 32.5 Å². The number of amides is 1. The molecule has 3 rings (SSSR count). The molecule has 7 heteroatoms. The number of nitrogens with one attached hydrogen (secondary N) is 1. The van der Waals surface area contributed by atoms with Crippen LogP contribution in [-0.2, 0) is 6.54 Å². The summed E-state index contributed by atoms with van der Waals surface area (Å²) in [7, 11) is 3.64. The van der Waals surface area contributed by atoms with Gasteiger partial charge in [0.2, 0.25) is 0 Å². The molecule has 1 saturated heterocycles. The molecule has 0 unspecified atom stereocenters. The van der Waals surface area contributed by atoms with Crippen LogP contribution in [0.1, 0.15) is 28.8 Å². The molecule has 1 aliphatic rings. The topological polar surface area (TPSA) is 78.7 Å². The molecule has 0 spiro atoms. The number of carbonyl (C=O) groups is 1. The van der Waals surface area contributed by atoms with Crippen molar-refractivity contribution >= 4 is 17.3 Å². The predicted octanol–water partition coefficient (Wildman–Crippen LogP) is 3.06. The Kier molecular flexibility index (Phi) is 6.26. The molecule has 1 aliphatic heterocycles. The largest absolute Gasteiger partial charge is 0.377 e. The number of nitro groups is 1. The fraction of sp³-hybridized carbons (Fsp3) is 0.381. The van der Waals surface area contributed by atoms with Gasteiger partial charge in [-0.15, -0.1) is 0 Å². The van der Waals surface area contributed by atoms with Crippen molar-refractivity contribution in [2.45, 2.75) is 25.4 Å². The maximum atomic E-state index is 12.8. The normalized spacial score (nSPS) is 15.2. The van der Waals surface area contributed by atoms with Gasteiger partial charge in [0.05, 0.1) is 10.5 Å². The third-order valence-corrected chi connectivity index (χ3v) is 5.09. The molecule has 1 fully saturated rings. The number of piperidine rings is 1. The highest BCUT2D eigenvalue weighted by molar-refractivity contribution is 6.00. The number of rotatable bonds is 6. The van der Waals surface area contributed by atoms with Crippen molar-refractivity contribution in [2.24, 2.45) is 0 Å². The van der Waals surface area contributed by atoms with Gasteiger partial charge in [0.1, 0.15) is 0 Å². The first-order valence-electron chi connectivity index (χ1n) is 9.47. The molecule has 0 bridgehead atoms. The number of nitro benzene ring substituents is 1. The van der Waals surface area contributed by atoms with Crippen molar-refractivity contribution in [3.63, 3.8) is 0 Å². The van der Waals surface area contributed by atoms with Gasteiger partial charge in [0.15, 0.2) is 0 Å². The fourth-order valence-corrected chi connectivity index (χ4v) is 3.55. The highest BCUT2D eigenvalue weighted by atomic mass is 16.6. The van der Waals surface area contributed by atoms with Crippen molar-refractivity contribution in [3.05, 3.63) is 69.8 Å². The number of carbonyl (C=O) groups excluding carboxylic acids is 1. The standard InChI is InChI=1S/C21H26N4O3/c1-23(2)20-9-8-18(25(27)28)14-19(20)21(26)22-17-10-12-24(13-11-17)15-16-6-4-3-5-7-16/h3-9,14,17H,10-13,15H2,1-2H3,(H,22,26). The minimum atomic E-state index is -0.474. The third-order valence-electron chi connectivity index (χ3n) is 5.09. The second-order valence-corrected chi connectivity index (χ2v) is 7.36. The minimum absolute atomic E-state index is 0.0755. The molecular formula is C21H26N4O3. The van der Waals surface area contributed by atoms with Crippen LogP contribution in [0.25, 0.3) is 0 Å². The Labute approximate surface area is 165 Å². The zero-order valence-electron chi connectivity index (χ0n) is 16.3. The SMILES string of the molecule is CN(C)c1ccc([N+](=O)[O-])cc1C(=O)NC1CCN(Cc2ccccc2)CC1. The van der Waals surface area contributed by atoms with Crippen molar-refractivity contribution in [2.75, 3.05) is 32.1 Å². The third kappa shape index (κ3) is 4.86. The Bertz CT molecular complexity index is 831. The van der Waals surface area contributed by atoms with Crippen LogP contribution in [0, 0.1) is 10.1 Å². The van der Waals surface area contributed by atoms with Crippen LogP contribution in [0.4, 0.5) is 11.4 Å². The Morgan fingerprint density at radius 3 is 2.46 bits per heavy atom. The first-order chi connectivity index (χ1) is 13.4. The Balaban J connectivity index is 1.61. The van der Waals surface area contributed by atoms with Crippen LogP contribution in [0.2, 0.25) is 0 Å². The maximum Gasteiger partial charge on any atom is 0.270 e. The number of likely N-dealkylation sites (tertiary alicyclic amines) is 1. The summed E-state index contributed by atoms with van der Waals surface area (Å²) < 4.78 is 0. The molecule has 1 heterocycles. The average molecular weight is 382 g/mol. The lowest BCUT2D eigenvalue weighted by molar-refractivity contribution is -0.384. The quantitative estimate of drug-likeness (QED) is 0.614. The molecule has 2 aromatic rings. The summed E-state index contributed by atoms with van der Waals surface area (Å²) in [6, 6.07) is 14.8. The Morgan fingerprint density at radius 1 is 1.18 bits per heavy atom. The molecule has 0 radical (unpaired) electrons. The molecule has 148 valence electrons. The molecule has 0 atom stereocenters. The summed E-state index contributed by atoms with van der Waals surface area (Å²) in [5, 5.41) is 14.2. The van der Waals surface area contributed by atoms with Crippen LogP contribution in [0.3, 0.4) is 0 Å². The molecule has 7 nitrogen and oxygen atoms in total. The van der Waals surface area contributed by atoms with Crippen LogP contribution in [0.15, 0.2) is 48.5 Å². The fourth-order valence-electron chi connectivity index (χ4n) is 3.55. The van der Waals surface area contributed by atoms with Crippen LogP contribution in [-0.4, -0.2) is 49.0 Å². The summed E-state index contributed by atoms with van der Waals surface area (Å²) in [5.74, 6) is -0.256. The van der Waals surface area contributed by atoms with Crippen LogP contribution in [0.5, 0.6) is 0 Å². The van der Waals surface area contributed by atoms with Crippen LogP contribution >= 0.6 is 0 Å². The first kappa shape index (κ1) is 19.8. The predicted molar refractivity (Wildman–Crippen MR) is 110 cm³/mol. The van der Waals surface area contributed by atoms with E-state index < -0.39 is 4.92 Å². The van der Waals surface area contributed by atoms with E-state index in [1.807, 2.05) is 32.3 Å². The second-order valence-electron chi connectivity index (χ2n) is 7.36. The molecule has 2 aromatic carbocycles. The van der Waals surface area contributed by atoms with E-state index >= 15 is 0 Å². The van der Waals surface area contributed by atoms with Gasteiger partial charge < -0.3 is 10.2 Å². The number of hydrogen-bond donors (Lipinski definition) is 1. The van der Waals surface area contributed by atoms with Gasteiger partial charge in [-0.2, -0.15) is 0 Å². The zero-order chi connectivity index (χ0) is 20.1. The number of nitrogens with zero attached hydrogens (tertiary/aromatic N) is 3. The van der Waals surface area contributed by atoms with Crippen molar-refractivity contribution in [3.8, 4) is 0 Å². The van der Waals surface area contributed by atoms with E-state index in [4.69, 9.17) is 0 Å².